The van der Waals surface area contributed by atoms with Crippen molar-refractivity contribution < 1.29 is 30.8 Å². The summed E-state index contributed by atoms with van der Waals surface area (Å²) in [4.78, 5) is 5.46. The van der Waals surface area contributed by atoms with Gasteiger partial charge < -0.3 is 13.7 Å². The van der Waals surface area contributed by atoms with Crippen molar-refractivity contribution in [3.8, 4) is 45.2 Å². The van der Waals surface area contributed by atoms with E-state index in [1.54, 1.807) is 24.3 Å². The van der Waals surface area contributed by atoms with Crippen molar-refractivity contribution in [3.63, 3.8) is 0 Å². The number of aromatic nitrogens is 1. The Morgan fingerprint density at radius 3 is 2.13 bits per heavy atom. The molecular formula is C43H26N2O2. The Hall–Kier alpha value is -6.39. The molecule has 7 aromatic carbocycles. The summed E-state index contributed by atoms with van der Waals surface area (Å²) < 4.78 is 155. The van der Waals surface area contributed by atoms with Crippen LogP contribution in [0.5, 0.6) is 0 Å². The first-order valence-corrected chi connectivity index (χ1v) is 14.5. The number of oxazole rings is 1. The third kappa shape index (κ3) is 3.98. The van der Waals surface area contributed by atoms with Gasteiger partial charge in [0, 0.05) is 49.9 Å². The lowest BCUT2D eigenvalue weighted by atomic mass is 9.94. The Bertz CT molecular complexity index is 3460. The zero-order valence-electron chi connectivity index (χ0n) is 40.0. The molecule has 0 radical (unpaired) electrons. The molecule has 1 aliphatic carbocycles. The van der Waals surface area contributed by atoms with Gasteiger partial charge in [0.2, 0.25) is 5.89 Å². The highest BCUT2D eigenvalue weighted by Crippen LogP contribution is 2.50. The van der Waals surface area contributed by atoms with E-state index in [0.29, 0.717) is 44.1 Å². The summed E-state index contributed by atoms with van der Waals surface area (Å²) in [7, 11) is 0. The van der Waals surface area contributed by atoms with Crippen LogP contribution < -0.4 is 4.90 Å². The van der Waals surface area contributed by atoms with E-state index < -0.39 is 130 Å². The maximum atomic E-state index is 9.51. The Labute approximate surface area is 293 Å². The normalized spacial score (nSPS) is 16.6. The minimum absolute atomic E-state index is 0.162. The predicted molar refractivity (Wildman–Crippen MR) is 191 cm³/mol. The van der Waals surface area contributed by atoms with Crippen LogP contribution >= 0.6 is 0 Å². The van der Waals surface area contributed by atoms with Gasteiger partial charge in [0.15, 0.2) is 5.76 Å². The third-order valence-electron chi connectivity index (χ3n) is 8.10. The van der Waals surface area contributed by atoms with Crippen LogP contribution in [-0.2, 0) is 0 Å². The number of fused-ring (bicyclic) bond motifs is 6. The lowest BCUT2D eigenvalue weighted by Gasteiger charge is -2.25. The molecule has 4 nitrogen and oxygen atoms in total. The third-order valence-corrected chi connectivity index (χ3v) is 8.10. The lowest BCUT2D eigenvalue weighted by molar-refractivity contribution is 0.590. The minimum atomic E-state index is -0.903. The SMILES string of the molecule is [2H]c1c([2H])c([2H])c(N(c2c([2H])c([2H])c(-c3ccc4c5c(cccc35)-c3nc(-c5ccccc5)oc3-4)c([2H])c2[2H])c2c([2H])c([2H])c3oc4c([2H])c([2H])c([2H])c([2H])c4c3c2[2H])c([2H])c1[2H]. The van der Waals surface area contributed by atoms with Crippen molar-refractivity contribution >= 4 is 49.8 Å². The molecule has 0 N–H and O–H groups in total. The summed E-state index contributed by atoms with van der Waals surface area (Å²) >= 11 is 0. The molecule has 0 spiro atoms. The molecule has 9 aromatic rings. The molecular weight excluding hydrogens is 576 g/mol. The van der Waals surface area contributed by atoms with Gasteiger partial charge in [0.1, 0.15) is 16.9 Å². The van der Waals surface area contributed by atoms with Gasteiger partial charge in [-0.3, -0.25) is 0 Å². The summed E-state index contributed by atoms with van der Waals surface area (Å²) in [5.41, 5.74) is -0.258. The Morgan fingerprint density at radius 1 is 0.511 bits per heavy atom. The van der Waals surface area contributed by atoms with E-state index in [1.807, 2.05) is 36.4 Å². The number of rotatable bonds is 5. The van der Waals surface area contributed by atoms with E-state index in [1.165, 1.54) is 0 Å². The van der Waals surface area contributed by atoms with Crippen LogP contribution in [0.1, 0.15) is 21.9 Å². The molecule has 47 heavy (non-hydrogen) atoms. The number of furan rings is 1. The van der Waals surface area contributed by atoms with Crippen molar-refractivity contribution in [2.45, 2.75) is 0 Å². The van der Waals surface area contributed by atoms with Gasteiger partial charge >= 0.3 is 0 Å². The number of anilines is 3. The van der Waals surface area contributed by atoms with Gasteiger partial charge in [-0.05, 0) is 83.1 Å². The first kappa shape index (κ1) is 14.8. The average Bonchev–Trinajstić information content (AvgIpc) is 3.99. The number of hydrogen-bond acceptors (Lipinski definition) is 4. The van der Waals surface area contributed by atoms with Crippen molar-refractivity contribution in [1.29, 1.82) is 0 Å². The fraction of sp³-hybridized carbons (Fsp3) is 0. The van der Waals surface area contributed by atoms with Gasteiger partial charge in [-0.1, -0.05) is 90.8 Å². The molecule has 2 heterocycles. The monoisotopic (exact) mass is 618 g/mol. The van der Waals surface area contributed by atoms with E-state index in [4.69, 9.17) is 27.5 Å². The molecule has 0 amide bonds. The molecule has 4 heteroatoms. The van der Waals surface area contributed by atoms with Crippen molar-refractivity contribution in [3.05, 3.63) is 157 Å². The van der Waals surface area contributed by atoms with Crippen LogP contribution in [0.25, 0.3) is 77.9 Å². The van der Waals surface area contributed by atoms with Crippen LogP contribution in [0.2, 0.25) is 0 Å². The number of benzene rings is 7. The highest BCUT2D eigenvalue weighted by atomic mass is 16.4. The standard InChI is InChI=1S/C43H26N2O2/c1-3-10-28(11-4-1)43-44-41-35-16-9-15-34-32(23-24-36(40(34)35)42(41)47-43)27-18-20-30(21-19-27)45(29-12-5-2-6-13-29)31-22-25-39-37(26-31)33-14-7-8-17-38(33)46-39/h1-26H/i2D,5D,6D,7D,8D,12D,13D,14D,17D,18D,19D,20D,21D,22D,25D,26D. The molecule has 0 saturated heterocycles. The molecule has 0 bridgehead atoms. The van der Waals surface area contributed by atoms with Crippen LogP contribution in [-0.4, -0.2) is 4.98 Å². The van der Waals surface area contributed by atoms with Gasteiger partial charge in [-0.15, -0.1) is 0 Å². The zero-order chi connectivity index (χ0) is 44.8. The molecule has 2 aromatic heterocycles. The smallest absolute Gasteiger partial charge is 0.227 e. The average molecular weight is 619 g/mol. The van der Waals surface area contributed by atoms with Crippen LogP contribution in [0.4, 0.5) is 17.1 Å². The topological polar surface area (TPSA) is 42.4 Å². The molecule has 0 unspecified atom stereocenters. The van der Waals surface area contributed by atoms with Crippen molar-refractivity contribution in [2.24, 2.45) is 0 Å². The summed E-state index contributed by atoms with van der Waals surface area (Å²) in [6.45, 7) is 0. The second-order valence-corrected chi connectivity index (χ2v) is 10.7. The zero-order valence-corrected chi connectivity index (χ0v) is 24.0. The maximum absolute atomic E-state index is 9.51. The lowest BCUT2D eigenvalue weighted by Crippen LogP contribution is -2.09. The van der Waals surface area contributed by atoms with E-state index >= 15 is 0 Å². The molecule has 0 aliphatic heterocycles. The Morgan fingerprint density at radius 2 is 1.26 bits per heavy atom. The van der Waals surface area contributed by atoms with E-state index in [0.717, 1.165) is 5.56 Å². The molecule has 220 valence electrons. The second-order valence-electron chi connectivity index (χ2n) is 10.7. The summed E-state index contributed by atoms with van der Waals surface area (Å²) in [6, 6.07) is 5.84. The van der Waals surface area contributed by atoms with Gasteiger partial charge in [-0.25, -0.2) is 4.98 Å². The number of hydrogen-bond donors (Lipinski definition) is 0. The highest BCUT2D eigenvalue weighted by Gasteiger charge is 2.29. The van der Waals surface area contributed by atoms with Crippen molar-refractivity contribution in [2.75, 3.05) is 4.90 Å². The molecule has 10 rings (SSSR count). The first-order chi connectivity index (χ1) is 30.0. The fourth-order valence-corrected chi connectivity index (χ4v) is 6.05. The summed E-state index contributed by atoms with van der Waals surface area (Å²) in [5, 5.41) is 0.497. The van der Waals surface area contributed by atoms with Crippen LogP contribution in [0.15, 0.2) is 166 Å². The molecule has 0 atom stereocenters. The van der Waals surface area contributed by atoms with Gasteiger partial charge in [0.05, 0.1) is 21.9 Å². The van der Waals surface area contributed by atoms with E-state index in [-0.39, 0.29) is 16.5 Å². The Kier molecular flexibility index (Phi) is 3.17. The van der Waals surface area contributed by atoms with E-state index in [9.17, 15) is 8.22 Å². The number of nitrogens with zero attached hydrogens (tertiary/aromatic N) is 2. The maximum Gasteiger partial charge on any atom is 0.227 e. The Balaban J connectivity index is 1.25. The second kappa shape index (κ2) is 10.1. The van der Waals surface area contributed by atoms with E-state index in [2.05, 4.69) is 0 Å². The number of para-hydroxylation sites is 2. The van der Waals surface area contributed by atoms with Gasteiger partial charge in [-0.2, -0.15) is 0 Å². The quantitative estimate of drug-likeness (QED) is 0.192. The van der Waals surface area contributed by atoms with Crippen LogP contribution in [0.3, 0.4) is 0 Å². The summed E-state index contributed by atoms with van der Waals surface area (Å²) in [5.74, 6) is 0.930. The summed E-state index contributed by atoms with van der Waals surface area (Å²) in [6.07, 6.45) is 0. The molecule has 1 aliphatic rings. The molecule has 0 saturated carbocycles. The minimum Gasteiger partial charge on any atom is -0.456 e. The molecule has 0 fully saturated rings. The highest BCUT2D eigenvalue weighted by molar-refractivity contribution is 6.17. The van der Waals surface area contributed by atoms with Crippen LogP contribution in [0, 0.1) is 0 Å². The predicted octanol–water partition coefficient (Wildman–Crippen LogP) is 12.2. The fourth-order valence-electron chi connectivity index (χ4n) is 6.05. The van der Waals surface area contributed by atoms with Crippen molar-refractivity contribution in [1.82, 2.24) is 4.98 Å². The first-order valence-electron chi connectivity index (χ1n) is 22.5. The van der Waals surface area contributed by atoms with Gasteiger partial charge in [0.25, 0.3) is 0 Å². The largest absolute Gasteiger partial charge is 0.456 e.